The Morgan fingerprint density at radius 3 is 1.20 bits per heavy atom. The zero-order valence-corrected chi connectivity index (χ0v) is 44.0. The van der Waals surface area contributed by atoms with Crippen LogP contribution < -0.4 is 0 Å². The van der Waals surface area contributed by atoms with Crippen LogP contribution in [0, 0.1) is 11.3 Å². The van der Waals surface area contributed by atoms with Gasteiger partial charge in [0.25, 0.3) is 0 Å². The van der Waals surface area contributed by atoms with Gasteiger partial charge in [-0.15, -0.1) is 0 Å². The van der Waals surface area contributed by atoms with E-state index in [0.717, 1.165) is 12.3 Å². The quantitative estimate of drug-likeness (QED) is 0.245. The molecule has 0 saturated heterocycles. The zero-order valence-electron chi connectivity index (χ0n) is 43.2. The Bertz CT molecular complexity index is 1280. The maximum atomic E-state index is 4.25. The summed E-state index contributed by atoms with van der Waals surface area (Å²) < 4.78 is 4.25. The molecule has 0 heterocycles. The molecule has 1 saturated carbocycles. The highest BCUT2D eigenvalue weighted by molar-refractivity contribution is 7.99. The third-order valence-corrected chi connectivity index (χ3v) is 9.19. The normalized spacial score (nSPS) is 12.1. The number of hydrogen-bond donors (Lipinski definition) is 0. The summed E-state index contributed by atoms with van der Waals surface area (Å²) in [4.78, 5) is 2.60. The number of hydrogen-bond acceptors (Lipinski definition) is 2. The fourth-order valence-electron chi connectivity index (χ4n) is 4.56. The fourth-order valence-corrected chi connectivity index (χ4v) is 5.38. The van der Waals surface area contributed by atoms with Crippen molar-refractivity contribution in [1.82, 2.24) is 0 Å². The molecule has 0 spiro atoms. The van der Waals surface area contributed by atoms with Gasteiger partial charge in [-0.25, -0.2) is 0 Å². The monoisotopic (exact) mass is 833 g/mol. The van der Waals surface area contributed by atoms with Crippen molar-refractivity contribution in [3.05, 3.63) is 119 Å². The Balaban J connectivity index is -0.000000339. The molecule has 2 heteroatoms. The SMILES string of the molecule is C1=CC(Cc2ccccc2)=CCC1.C1CC1.CC.CC.CC(C)(C)c1ccc(Sc2ccc(C(C)(C)C)cc2)cc1.CCC.CCC(C)C.CCCC(C)(C)C.COC. The predicted molar refractivity (Wildman–Crippen MR) is 276 cm³/mol. The Hall–Kier alpha value is -2.55. The summed E-state index contributed by atoms with van der Waals surface area (Å²) in [5.41, 5.74) is 6.62. The maximum absolute atomic E-state index is 4.25. The molecule has 2 aliphatic rings. The minimum atomic E-state index is 0.220. The van der Waals surface area contributed by atoms with Gasteiger partial charge in [-0.2, -0.15) is 0 Å². The fraction of sp³-hybridized carbons (Fsp3) is 0.614. The van der Waals surface area contributed by atoms with Crippen molar-refractivity contribution in [2.75, 3.05) is 14.2 Å². The number of rotatable bonds is 6. The standard InChI is InChI=1S/C20H26S.C13H14.C7H16.C5H12.C3H6.C3H8.C2H6O.2C2H6/c1-19(2,3)15-7-11-17(12-8-15)21-18-13-9-16(10-14-18)20(4,5)6;1-3-7-12(8-4-1)11-13-9-5-2-6-10-13;1-5-6-7(2,3)4;1-4-5(2)3;1-2-3-1;2*1-3-2;2*1-2/h7-14H,1-6H3;1,3-5,7-10H,2,6,11H2;5-6H2,1-4H3;5H,4H2,1-3H3;1-3H2;3H2,1-2H3;1-2H3;2*1-2H3. The Labute approximate surface area is 376 Å². The van der Waals surface area contributed by atoms with Gasteiger partial charge in [0, 0.05) is 24.0 Å². The molecule has 0 aromatic heterocycles. The van der Waals surface area contributed by atoms with Gasteiger partial charge >= 0.3 is 0 Å². The number of allylic oxidation sites excluding steroid dienone is 4. The minimum Gasteiger partial charge on any atom is -0.388 e. The van der Waals surface area contributed by atoms with Crippen LogP contribution in [0.15, 0.2) is 112 Å². The van der Waals surface area contributed by atoms with Gasteiger partial charge in [-0.1, -0.05) is 255 Å². The molecule has 0 bridgehead atoms. The number of ether oxygens (including phenoxy) is 1. The maximum Gasteiger partial charge on any atom is 0.0351 e. The first-order valence-corrected chi connectivity index (χ1v) is 24.3. The summed E-state index contributed by atoms with van der Waals surface area (Å²) in [6.07, 6.45) is 20.0. The van der Waals surface area contributed by atoms with E-state index in [1.807, 2.05) is 39.5 Å². The predicted octanol–water partition coefficient (Wildman–Crippen LogP) is 19.7. The zero-order chi connectivity index (χ0) is 46.3. The van der Waals surface area contributed by atoms with E-state index < -0.39 is 0 Å². The summed E-state index contributed by atoms with van der Waals surface area (Å²) in [6, 6.07) is 28.5. The van der Waals surface area contributed by atoms with Crippen molar-refractivity contribution in [2.24, 2.45) is 11.3 Å². The van der Waals surface area contributed by atoms with Crippen molar-refractivity contribution in [3.63, 3.8) is 0 Å². The van der Waals surface area contributed by atoms with Crippen LogP contribution in [0.4, 0.5) is 0 Å². The Kier molecular flexibility index (Phi) is 42.3. The smallest absolute Gasteiger partial charge is 0.0351 e. The van der Waals surface area contributed by atoms with Crippen LogP contribution in [0.3, 0.4) is 0 Å². The molecule has 0 radical (unpaired) electrons. The molecule has 0 aliphatic heterocycles. The van der Waals surface area contributed by atoms with Crippen molar-refractivity contribution in [1.29, 1.82) is 0 Å². The molecule has 1 fully saturated rings. The molecule has 3 aromatic rings. The number of benzene rings is 3. The van der Waals surface area contributed by atoms with Crippen LogP contribution in [-0.4, -0.2) is 14.2 Å². The molecule has 59 heavy (non-hydrogen) atoms. The third kappa shape index (κ3) is 43.4. The van der Waals surface area contributed by atoms with Gasteiger partial charge in [-0.3, -0.25) is 0 Å². The molecule has 2 aliphatic carbocycles. The lowest BCUT2D eigenvalue weighted by atomic mass is 9.87. The van der Waals surface area contributed by atoms with E-state index >= 15 is 0 Å². The Morgan fingerprint density at radius 2 is 0.966 bits per heavy atom. The van der Waals surface area contributed by atoms with E-state index in [1.54, 1.807) is 14.2 Å². The summed E-state index contributed by atoms with van der Waals surface area (Å²) in [5.74, 6) is 0.884. The highest BCUT2D eigenvalue weighted by Crippen LogP contribution is 2.32. The second-order valence-electron chi connectivity index (χ2n) is 18.4. The van der Waals surface area contributed by atoms with Crippen molar-refractivity contribution < 1.29 is 4.74 Å². The van der Waals surface area contributed by atoms with E-state index in [4.69, 9.17) is 0 Å². The molecule has 0 amide bonds. The topological polar surface area (TPSA) is 9.23 Å². The third-order valence-electron chi connectivity index (χ3n) is 8.17. The van der Waals surface area contributed by atoms with Crippen LogP contribution in [0.2, 0.25) is 0 Å². The first-order chi connectivity index (χ1) is 27.8. The van der Waals surface area contributed by atoms with Crippen molar-refractivity contribution in [3.8, 4) is 0 Å². The molecule has 0 N–H and O–H groups in total. The van der Waals surface area contributed by atoms with E-state index in [-0.39, 0.29) is 10.8 Å². The average Bonchev–Trinajstić information content (AvgIpc) is 4.09. The summed E-state index contributed by atoms with van der Waals surface area (Å²) in [5, 5.41) is 0. The lowest BCUT2D eigenvalue weighted by molar-refractivity contribution is 0.277. The highest BCUT2D eigenvalue weighted by atomic mass is 32.2. The summed E-state index contributed by atoms with van der Waals surface area (Å²) in [7, 11) is 3.25. The average molecular weight is 833 g/mol. The first-order valence-electron chi connectivity index (χ1n) is 23.5. The summed E-state index contributed by atoms with van der Waals surface area (Å²) in [6.45, 7) is 41.4. The summed E-state index contributed by atoms with van der Waals surface area (Å²) >= 11 is 1.83. The van der Waals surface area contributed by atoms with E-state index in [2.05, 4.69) is 206 Å². The molecule has 0 unspecified atom stereocenters. The highest BCUT2D eigenvalue weighted by Gasteiger charge is 2.14. The lowest BCUT2D eigenvalue weighted by Gasteiger charge is -2.19. The van der Waals surface area contributed by atoms with Crippen LogP contribution in [0.5, 0.6) is 0 Å². The molecule has 5 rings (SSSR count). The Morgan fingerprint density at radius 1 is 0.593 bits per heavy atom. The largest absolute Gasteiger partial charge is 0.388 e. The van der Waals surface area contributed by atoms with Crippen LogP contribution >= 0.6 is 11.8 Å². The molecule has 0 atom stereocenters. The van der Waals surface area contributed by atoms with Gasteiger partial charge in [0.1, 0.15) is 0 Å². The molecular weight excluding hydrogens is 733 g/mol. The first kappa shape index (κ1) is 63.1. The number of methoxy groups -OCH3 is 1. The molecule has 3 aromatic carbocycles. The minimum absolute atomic E-state index is 0.220. The molecule has 340 valence electrons. The van der Waals surface area contributed by atoms with Gasteiger partial charge < -0.3 is 4.74 Å². The van der Waals surface area contributed by atoms with Gasteiger partial charge in [0.15, 0.2) is 0 Å². The van der Waals surface area contributed by atoms with E-state index in [0.29, 0.717) is 5.41 Å². The second-order valence-corrected chi connectivity index (χ2v) is 19.5. The molecular formula is C57H100OS. The van der Waals surface area contributed by atoms with Gasteiger partial charge in [0.2, 0.25) is 0 Å². The van der Waals surface area contributed by atoms with Gasteiger partial charge in [-0.05, 0) is 94.4 Å². The second kappa shape index (κ2) is 39.6. The van der Waals surface area contributed by atoms with E-state index in [9.17, 15) is 0 Å². The lowest BCUT2D eigenvalue weighted by Crippen LogP contribution is -2.10. The van der Waals surface area contributed by atoms with Crippen molar-refractivity contribution >= 4 is 11.8 Å². The van der Waals surface area contributed by atoms with Gasteiger partial charge in [0.05, 0.1) is 0 Å². The van der Waals surface area contributed by atoms with Crippen LogP contribution in [0.1, 0.15) is 206 Å². The van der Waals surface area contributed by atoms with Crippen molar-refractivity contribution in [2.45, 2.75) is 216 Å². The molecule has 1 nitrogen and oxygen atoms in total. The van der Waals surface area contributed by atoms with Crippen LogP contribution in [0.25, 0.3) is 0 Å². The van der Waals surface area contributed by atoms with Crippen LogP contribution in [-0.2, 0) is 22.0 Å². The van der Waals surface area contributed by atoms with E-state index in [1.165, 1.54) is 89.8 Å².